The molecule has 0 radical (unpaired) electrons. The normalized spacial score (nSPS) is 9.57. The molecule has 76 valence electrons. The van der Waals surface area contributed by atoms with Gasteiger partial charge in [0.05, 0.1) is 12.3 Å². The van der Waals surface area contributed by atoms with Crippen LogP contribution in [0.4, 0.5) is 5.69 Å². The van der Waals surface area contributed by atoms with Gasteiger partial charge in [-0.25, -0.2) is 0 Å². The first-order chi connectivity index (χ1) is 6.81. The second kappa shape index (κ2) is 5.24. The highest BCUT2D eigenvalue weighted by Gasteiger charge is 2.03. The highest BCUT2D eigenvalue weighted by atomic mass is 16.5. The van der Waals surface area contributed by atoms with Gasteiger partial charge in [0.1, 0.15) is 5.75 Å². The number of carbonyl (C=O) groups excluding carboxylic acids is 1. The van der Waals surface area contributed by atoms with Gasteiger partial charge < -0.3 is 15.8 Å². The molecule has 14 heavy (non-hydrogen) atoms. The van der Waals surface area contributed by atoms with Gasteiger partial charge in [-0.3, -0.25) is 4.79 Å². The van der Waals surface area contributed by atoms with Gasteiger partial charge in [0.15, 0.2) is 0 Å². The molecule has 4 nitrogen and oxygen atoms in total. The van der Waals surface area contributed by atoms with E-state index in [9.17, 15) is 4.79 Å². The third-order valence-electron chi connectivity index (χ3n) is 1.80. The number of nitrogens with two attached hydrogens (primary N) is 1. The van der Waals surface area contributed by atoms with Crippen molar-refractivity contribution in [3.05, 3.63) is 23.8 Å². The number of ether oxygens (including phenoxy) is 1. The van der Waals surface area contributed by atoms with Gasteiger partial charge >= 0.3 is 0 Å². The molecule has 3 N–H and O–H groups in total. The van der Waals surface area contributed by atoms with Gasteiger partial charge in [0.2, 0.25) is 6.41 Å². The first-order valence-electron chi connectivity index (χ1n) is 4.47. The molecular weight excluding hydrogens is 180 g/mol. The fraction of sp³-hybridized carbons (Fsp3) is 0.300. The molecule has 0 aliphatic carbocycles. The summed E-state index contributed by atoms with van der Waals surface area (Å²) < 4.78 is 5.36. The largest absolute Gasteiger partial charge is 0.492 e. The van der Waals surface area contributed by atoms with Crippen LogP contribution in [0.1, 0.15) is 12.5 Å². The summed E-state index contributed by atoms with van der Waals surface area (Å²) >= 11 is 0. The lowest BCUT2D eigenvalue weighted by Crippen LogP contribution is -2.02. The van der Waals surface area contributed by atoms with E-state index >= 15 is 0 Å². The summed E-state index contributed by atoms with van der Waals surface area (Å²) in [4.78, 5) is 10.3. The van der Waals surface area contributed by atoms with Crippen LogP contribution in [0.3, 0.4) is 0 Å². The monoisotopic (exact) mass is 194 g/mol. The smallest absolute Gasteiger partial charge is 0.211 e. The Bertz CT molecular complexity index is 313. The van der Waals surface area contributed by atoms with Crippen molar-refractivity contribution in [2.24, 2.45) is 5.73 Å². The van der Waals surface area contributed by atoms with Crippen molar-refractivity contribution in [1.82, 2.24) is 0 Å². The third-order valence-corrected chi connectivity index (χ3v) is 1.80. The number of anilines is 1. The van der Waals surface area contributed by atoms with E-state index in [1.807, 2.05) is 19.1 Å². The van der Waals surface area contributed by atoms with Crippen molar-refractivity contribution in [3.8, 4) is 5.75 Å². The first-order valence-corrected chi connectivity index (χ1v) is 4.47. The number of amides is 1. The lowest BCUT2D eigenvalue weighted by Gasteiger charge is -2.10. The maximum atomic E-state index is 10.3. The Morgan fingerprint density at radius 1 is 1.57 bits per heavy atom. The molecule has 0 fully saturated rings. The molecule has 0 atom stereocenters. The summed E-state index contributed by atoms with van der Waals surface area (Å²) in [6.45, 7) is 2.91. The molecule has 0 heterocycles. The maximum Gasteiger partial charge on any atom is 0.211 e. The number of benzene rings is 1. The molecule has 0 spiro atoms. The van der Waals surface area contributed by atoms with Gasteiger partial charge in [-0.2, -0.15) is 0 Å². The first kappa shape index (κ1) is 10.5. The van der Waals surface area contributed by atoms with Crippen molar-refractivity contribution < 1.29 is 9.53 Å². The Morgan fingerprint density at radius 3 is 2.93 bits per heavy atom. The van der Waals surface area contributed by atoms with Crippen LogP contribution in [0.25, 0.3) is 0 Å². The lowest BCUT2D eigenvalue weighted by atomic mass is 10.2. The minimum absolute atomic E-state index is 0.460. The van der Waals surface area contributed by atoms with Gasteiger partial charge in [-0.05, 0) is 24.6 Å². The van der Waals surface area contributed by atoms with Crippen LogP contribution >= 0.6 is 0 Å². The molecular formula is C10H14N2O2. The van der Waals surface area contributed by atoms with E-state index in [2.05, 4.69) is 5.32 Å². The van der Waals surface area contributed by atoms with E-state index in [0.29, 0.717) is 31.0 Å². The van der Waals surface area contributed by atoms with Crippen LogP contribution in [0, 0.1) is 0 Å². The Morgan fingerprint density at radius 2 is 2.36 bits per heavy atom. The van der Waals surface area contributed by atoms with Crippen LogP contribution in [-0.2, 0) is 11.3 Å². The van der Waals surface area contributed by atoms with Crippen LogP contribution in [-0.4, -0.2) is 13.0 Å². The number of hydrogen-bond acceptors (Lipinski definition) is 3. The standard InChI is InChI=1S/C10H14N2O2/c1-2-14-10-5-8(6-11)3-4-9(10)12-7-13/h3-5,7H,2,6,11H2,1H3,(H,12,13). The van der Waals surface area contributed by atoms with Crippen LogP contribution in [0.2, 0.25) is 0 Å². The summed E-state index contributed by atoms with van der Waals surface area (Å²) in [6, 6.07) is 5.46. The summed E-state index contributed by atoms with van der Waals surface area (Å²) in [7, 11) is 0. The third kappa shape index (κ3) is 2.47. The minimum Gasteiger partial charge on any atom is -0.492 e. The zero-order valence-corrected chi connectivity index (χ0v) is 8.12. The highest BCUT2D eigenvalue weighted by Crippen LogP contribution is 2.25. The number of rotatable bonds is 5. The van der Waals surface area contributed by atoms with Crippen molar-refractivity contribution in [3.63, 3.8) is 0 Å². The molecule has 0 unspecified atom stereocenters. The average molecular weight is 194 g/mol. The maximum absolute atomic E-state index is 10.3. The molecule has 1 aromatic rings. The van der Waals surface area contributed by atoms with Crippen LogP contribution in [0.5, 0.6) is 5.75 Å². The molecule has 0 bridgehead atoms. The number of carbonyl (C=O) groups is 1. The predicted octanol–water partition coefficient (Wildman–Crippen LogP) is 1.11. The average Bonchev–Trinajstić information content (AvgIpc) is 2.21. The summed E-state index contributed by atoms with van der Waals surface area (Å²) in [5.41, 5.74) is 7.14. The molecule has 0 aliphatic rings. The number of hydrogen-bond donors (Lipinski definition) is 2. The van der Waals surface area contributed by atoms with Crippen molar-refractivity contribution in [2.75, 3.05) is 11.9 Å². The minimum atomic E-state index is 0.460. The van der Waals surface area contributed by atoms with Crippen LogP contribution < -0.4 is 15.8 Å². The fourth-order valence-corrected chi connectivity index (χ4v) is 1.15. The van der Waals surface area contributed by atoms with Gasteiger partial charge in [-0.1, -0.05) is 6.07 Å². The topological polar surface area (TPSA) is 64.3 Å². The lowest BCUT2D eigenvalue weighted by molar-refractivity contribution is -0.105. The zero-order chi connectivity index (χ0) is 10.4. The molecule has 4 heteroatoms. The second-order valence-corrected chi connectivity index (χ2v) is 2.73. The summed E-state index contributed by atoms with van der Waals surface area (Å²) in [5, 5.41) is 2.57. The SMILES string of the molecule is CCOc1cc(CN)ccc1NC=O. The Kier molecular flexibility index (Phi) is 3.94. The molecule has 0 aromatic heterocycles. The van der Waals surface area contributed by atoms with E-state index in [-0.39, 0.29) is 0 Å². The van der Waals surface area contributed by atoms with E-state index in [1.54, 1.807) is 6.07 Å². The second-order valence-electron chi connectivity index (χ2n) is 2.73. The Labute approximate surface area is 83.1 Å². The van der Waals surface area contributed by atoms with Crippen molar-refractivity contribution in [1.29, 1.82) is 0 Å². The molecule has 1 amide bonds. The molecule has 1 aromatic carbocycles. The summed E-state index contributed by atoms with van der Waals surface area (Å²) in [6.07, 6.45) is 0.625. The highest BCUT2D eigenvalue weighted by molar-refractivity contribution is 5.75. The fourth-order valence-electron chi connectivity index (χ4n) is 1.15. The van der Waals surface area contributed by atoms with Gasteiger partial charge in [0.25, 0.3) is 0 Å². The van der Waals surface area contributed by atoms with Gasteiger partial charge in [0, 0.05) is 6.54 Å². The quantitative estimate of drug-likeness (QED) is 0.690. The van der Waals surface area contributed by atoms with Gasteiger partial charge in [-0.15, -0.1) is 0 Å². The molecule has 0 aliphatic heterocycles. The zero-order valence-electron chi connectivity index (χ0n) is 8.12. The number of nitrogens with one attached hydrogen (secondary N) is 1. The summed E-state index contributed by atoms with van der Waals surface area (Å²) in [5.74, 6) is 0.655. The predicted molar refractivity (Wildman–Crippen MR) is 55.2 cm³/mol. The van der Waals surface area contributed by atoms with E-state index in [1.165, 1.54) is 0 Å². The van der Waals surface area contributed by atoms with Crippen LogP contribution in [0.15, 0.2) is 18.2 Å². The van der Waals surface area contributed by atoms with E-state index in [0.717, 1.165) is 5.56 Å². The van der Waals surface area contributed by atoms with E-state index < -0.39 is 0 Å². The van der Waals surface area contributed by atoms with Crippen molar-refractivity contribution >= 4 is 12.1 Å². The molecule has 0 saturated heterocycles. The molecule has 1 rings (SSSR count). The van der Waals surface area contributed by atoms with E-state index in [4.69, 9.17) is 10.5 Å². The molecule has 0 saturated carbocycles. The Hall–Kier alpha value is -1.55. The van der Waals surface area contributed by atoms with Crippen molar-refractivity contribution in [2.45, 2.75) is 13.5 Å². The Balaban J connectivity index is 2.96.